The zero-order chi connectivity index (χ0) is 24.4. The molecule has 2 aromatic rings. The number of ether oxygens (including phenoxy) is 1. The summed E-state index contributed by atoms with van der Waals surface area (Å²) in [6, 6.07) is 6.32. The van der Waals surface area contributed by atoms with E-state index < -0.39 is 42.7 Å². The molecule has 2 aromatic carbocycles. The first-order chi connectivity index (χ1) is 15.5. The van der Waals surface area contributed by atoms with Gasteiger partial charge in [0.15, 0.2) is 6.61 Å². The van der Waals surface area contributed by atoms with E-state index in [0.717, 1.165) is 4.47 Å². The molecular weight excluding hydrogens is 588 g/mol. The number of nitrogens with zero attached hydrogens (tertiary/aromatic N) is 1. The lowest BCUT2D eigenvalue weighted by Crippen LogP contribution is -2.44. The van der Waals surface area contributed by atoms with Gasteiger partial charge in [-0.15, -0.1) is 0 Å². The second kappa shape index (κ2) is 10.3. The summed E-state index contributed by atoms with van der Waals surface area (Å²) >= 11 is 27.1. The number of hydrogen-bond donors (Lipinski definition) is 2. The maximum Gasteiger partial charge on any atom is 0.326 e. The van der Waals surface area contributed by atoms with Crippen molar-refractivity contribution in [3.8, 4) is 0 Å². The topological polar surface area (TPSA) is 122 Å². The van der Waals surface area contributed by atoms with Crippen LogP contribution in [-0.4, -0.2) is 47.6 Å². The van der Waals surface area contributed by atoms with Crippen LogP contribution < -0.4 is 10.9 Å². The van der Waals surface area contributed by atoms with Crippen molar-refractivity contribution in [1.82, 2.24) is 15.8 Å². The lowest BCUT2D eigenvalue weighted by molar-refractivity contribution is -0.148. The third-order valence-corrected chi connectivity index (χ3v) is 6.59. The fourth-order valence-corrected chi connectivity index (χ4v) is 3.97. The summed E-state index contributed by atoms with van der Waals surface area (Å²) < 4.78 is 5.52. The fraction of sp³-hybridized carbons (Fsp3) is 0.105. The van der Waals surface area contributed by atoms with Crippen LogP contribution in [0.4, 0.5) is 0 Å². The number of carbonyl (C=O) groups excluding carboxylic acids is 5. The first-order valence-electron chi connectivity index (χ1n) is 8.75. The van der Waals surface area contributed by atoms with E-state index >= 15 is 0 Å². The molecule has 0 unspecified atom stereocenters. The normalized spacial score (nSPS) is 12.5. The van der Waals surface area contributed by atoms with Crippen LogP contribution in [0, 0.1) is 0 Å². The van der Waals surface area contributed by atoms with E-state index in [-0.39, 0.29) is 36.8 Å². The number of halogens is 5. The highest BCUT2D eigenvalue weighted by molar-refractivity contribution is 9.10. The SMILES string of the molecule is O=C(COC(=O)CN1C(=O)c2c(Cl)c(Cl)c(Cl)c(Cl)c2C1=O)NNC(=O)c1ccc(Br)cc1. The van der Waals surface area contributed by atoms with E-state index in [0.29, 0.717) is 4.90 Å². The molecule has 0 aliphatic carbocycles. The van der Waals surface area contributed by atoms with Crippen LogP contribution in [0.5, 0.6) is 0 Å². The number of hydrazine groups is 1. The van der Waals surface area contributed by atoms with Crippen LogP contribution in [0.1, 0.15) is 31.1 Å². The minimum Gasteiger partial charge on any atom is -0.454 e. The highest BCUT2D eigenvalue weighted by Gasteiger charge is 2.42. The Balaban J connectivity index is 1.55. The Kier molecular flexibility index (Phi) is 7.86. The van der Waals surface area contributed by atoms with Gasteiger partial charge in [-0.05, 0) is 24.3 Å². The molecule has 33 heavy (non-hydrogen) atoms. The molecule has 0 radical (unpaired) electrons. The molecule has 14 heteroatoms. The number of hydrogen-bond acceptors (Lipinski definition) is 6. The second-order valence-electron chi connectivity index (χ2n) is 6.37. The van der Waals surface area contributed by atoms with Gasteiger partial charge >= 0.3 is 5.97 Å². The maximum atomic E-state index is 12.6. The number of nitrogens with one attached hydrogen (secondary N) is 2. The lowest BCUT2D eigenvalue weighted by atomic mass is 10.1. The molecule has 0 aromatic heterocycles. The Morgan fingerprint density at radius 1 is 0.848 bits per heavy atom. The van der Waals surface area contributed by atoms with Crippen molar-refractivity contribution >= 4 is 91.9 Å². The van der Waals surface area contributed by atoms with E-state index in [1.165, 1.54) is 12.1 Å². The molecule has 1 heterocycles. The van der Waals surface area contributed by atoms with Gasteiger partial charge in [0.2, 0.25) is 0 Å². The predicted molar refractivity (Wildman–Crippen MR) is 123 cm³/mol. The van der Waals surface area contributed by atoms with Gasteiger partial charge in [-0.25, -0.2) is 0 Å². The summed E-state index contributed by atoms with van der Waals surface area (Å²) in [5.74, 6) is -4.39. The summed E-state index contributed by atoms with van der Waals surface area (Å²) in [4.78, 5) is 61.5. The Hall–Kier alpha value is -2.37. The van der Waals surface area contributed by atoms with Crippen molar-refractivity contribution in [2.75, 3.05) is 13.2 Å². The minimum absolute atomic E-state index is 0.213. The van der Waals surface area contributed by atoms with Crippen molar-refractivity contribution in [2.45, 2.75) is 0 Å². The van der Waals surface area contributed by atoms with Crippen LogP contribution >= 0.6 is 62.3 Å². The summed E-state index contributed by atoms with van der Waals surface area (Å²) in [6.45, 7) is -1.62. The van der Waals surface area contributed by atoms with Crippen LogP contribution in [0.25, 0.3) is 0 Å². The summed E-state index contributed by atoms with van der Waals surface area (Å²) in [5.41, 5.74) is 3.91. The van der Waals surface area contributed by atoms with E-state index in [1.54, 1.807) is 12.1 Å². The average Bonchev–Trinajstić information content (AvgIpc) is 3.03. The number of benzene rings is 2. The largest absolute Gasteiger partial charge is 0.454 e. The lowest BCUT2D eigenvalue weighted by Gasteiger charge is -2.13. The van der Waals surface area contributed by atoms with Crippen LogP contribution in [-0.2, 0) is 14.3 Å². The second-order valence-corrected chi connectivity index (χ2v) is 8.80. The highest BCUT2D eigenvalue weighted by Crippen LogP contribution is 2.44. The zero-order valence-electron chi connectivity index (χ0n) is 16.0. The van der Waals surface area contributed by atoms with Gasteiger partial charge in [0.1, 0.15) is 6.54 Å². The van der Waals surface area contributed by atoms with Crippen molar-refractivity contribution in [3.05, 3.63) is 65.5 Å². The van der Waals surface area contributed by atoms with Crippen molar-refractivity contribution in [3.63, 3.8) is 0 Å². The molecule has 0 fully saturated rings. The molecule has 0 spiro atoms. The van der Waals surface area contributed by atoms with Crippen LogP contribution in [0.2, 0.25) is 20.1 Å². The third kappa shape index (κ3) is 5.25. The van der Waals surface area contributed by atoms with E-state index in [1.807, 2.05) is 0 Å². The van der Waals surface area contributed by atoms with Gasteiger partial charge in [0.05, 0.1) is 31.2 Å². The van der Waals surface area contributed by atoms with Crippen molar-refractivity contribution < 1.29 is 28.7 Å². The van der Waals surface area contributed by atoms with Gasteiger partial charge in [-0.2, -0.15) is 0 Å². The predicted octanol–water partition coefficient (Wildman–Crippen LogP) is 3.66. The number of amides is 4. The number of carbonyl (C=O) groups is 5. The minimum atomic E-state index is -1.08. The summed E-state index contributed by atoms with van der Waals surface area (Å²) in [5, 5.41) is -0.989. The van der Waals surface area contributed by atoms with Gasteiger partial charge in [-0.1, -0.05) is 62.3 Å². The Bertz CT molecular complexity index is 1160. The molecule has 2 N–H and O–H groups in total. The maximum absolute atomic E-state index is 12.6. The van der Waals surface area contributed by atoms with Crippen molar-refractivity contribution in [1.29, 1.82) is 0 Å². The molecule has 3 rings (SSSR count). The first-order valence-corrected chi connectivity index (χ1v) is 11.1. The number of esters is 1. The number of fused-ring (bicyclic) bond motifs is 1. The number of rotatable bonds is 5. The Morgan fingerprint density at radius 2 is 1.36 bits per heavy atom. The van der Waals surface area contributed by atoms with Gasteiger partial charge in [0, 0.05) is 10.0 Å². The number of imide groups is 1. The van der Waals surface area contributed by atoms with E-state index in [2.05, 4.69) is 26.8 Å². The average molecular weight is 598 g/mol. The molecular formula is C19H10BrCl4N3O6. The summed E-state index contributed by atoms with van der Waals surface area (Å²) in [6.07, 6.45) is 0. The monoisotopic (exact) mass is 595 g/mol. The molecule has 0 saturated carbocycles. The Morgan fingerprint density at radius 3 is 1.88 bits per heavy atom. The molecule has 1 aliphatic heterocycles. The standard InChI is InChI=1S/C19H10BrCl4N3O6/c20-8-3-1-7(2-4-8)17(30)26-25-9(28)6-33-10(29)5-27-18(31)11-12(19(27)32)14(22)16(24)15(23)13(11)21/h1-4H,5-6H2,(H,25,28)(H,26,30). The summed E-state index contributed by atoms with van der Waals surface area (Å²) in [7, 11) is 0. The van der Waals surface area contributed by atoms with Crippen LogP contribution in [0.3, 0.4) is 0 Å². The van der Waals surface area contributed by atoms with Gasteiger partial charge in [0.25, 0.3) is 23.6 Å². The molecule has 0 atom stereocenters. The van der Waals surface area contributed by atoms with Gasteiger partial charge < -0.3 is 4.74 Å². The molecule has 1 aliphatic rings. The van der Waals surface area contributed by atoms with E-state index in [4.69, 9.17) is 51.1 Å². The zero-order valence-corrected chi connectivity index (χ0v) is 20.6. The molecule has 9 nitrogen and oxygen atoms in total. The molecule has 0 saturated heterocycles. The van der Waals surface area contributed by atoms with Gasteiger partial charge in [-0.3, -0.25) is 39.7 Å². The first kappa shape index (κ1) is 25.3. The fourth-order valence-electron chi connectivity index (χ4n) is 2.70. The smallest absolute Gasteiger partial charge is 0.326 e. The molecule has 0 bridgehead atoms. The van der Waals surface area contributed by atoms with Crippen LogP contribution in [0.15, 0.2) is 28.7 Å². The third-order valence-electron chi connectivity index (χ3n) is 4.26. The Labute approximate surface area is 214 Å². The van der Waals surface area contributed by atoms with E-state index in [9.17, 15) is 24.0 Å². The molecule has 4 amide bonds. The highest BCUT2D eigenvalue weighted by atomic mass is 79.9. The van der Waals surface area contributed by atoms with Crippen molar-refractivity contribution in [2.24, 2.45) is 0 Å². The molecule has 172 valence electrons. The quantitative estimate of drug-likeness (QED) is 0.178.